The number of hydrogen-bond donors (Lipinski definition) is 0. The summed E-state index contributed by atoms with van der Waals surface area (Å²) >= 11 is 3.10. The highest BCUT2D eigenvalue weighted by Crippen LogP contribution is 2.37. The Kier molecular flexibility index (Phi) is 5.23. The van der Waals surface area contributed by atoms with E-state index in [1.165, 1.54) is 12.5 Å². The van der Waals surface area contributed by atoms with E-state index in [0.29, 0.717) is 23.5 Å². The molecule has 1 aliphatic heterocycles. The van der Waals surface area contributed by atoms with Crippen molar-refractivity contribution in [2.45, 2.75) is 57.2 Å². The van der Waals surface area contributed by atoms with Gasteiger partial charge >= 0.3 is 6.18 Å². The van der Waals surface area contributed by atoms with Crippen LogP contribution in [0.5, 0.6) is 0 Å². The minimum Gasteiger partial charge on any atom is -0.339 e. The number of hydrogen-bond acceptors (Lipinski definition) is 1. The van der Waals surface area contributed by atoms with Crippen molar-refractivity contribution in [2.75, 3.05) is 6.54 Å². The zero-order valence-electron chi connectivity index (χ0n) is 13.4. The first kappa shape index (κ1) is 17.8. The van der Waals surface area contributed by atoms with Gasteiger partial charge in [-0.1, -0.05) is 41.3 Å². The van der Waals surface area contributed by atoms with Crippen molar-refractivity contribution in [1.82, 2.24) is 4.90 Å². The maximum atomic E-state index is 13.3. The van der Waals surface area contributed by atoms with E-state index in [1.54, 1.807) is 6.07 Å². The van der Waals surface area contributed by atoms with Gasteiger partial charge in [-0.2, -0.15) is 13.2 Å². The van der Waals surface area contributed by atoms with Gasteiger partial charge in [0.25, 0.3) is 0 Å². The summed E-state index contributed by atoms with van der Waals surface area (Å²) in [5.41, 5.74) is -0.421. The summed E-state index contributed by atoms with van der Waals surface area (Å²) in [6, 6.07) is 4.50. The highest BCUT2D eigenvalue weighted by atomic mass is 79.9. The van der Waals surface area contributed by atoms with Gasteiger partial charge in [0, 0.05) is 23.0 Å². The predicted molar refractivity (Wildman–Crippen MR) is 89.5 cm³/mol. The average molecular weight is 404 g/mol. The number of carbonyl (C=O) groups excluding carboxylic acids is 1. The lowest BCUT2D eigenvalue weighted by Crippen LogP contribution is -2.39. The molecular formula is C18H21BrF3NO. The molecule has 0 spiro atoms. The molecule has 0 aromatic heterocycles. The van der Waals surface area contributed by atoms with Crippen LogP contribution in [0.1, 0.15) is 49.7 Å². The molecule has 0 N–H and O–H groups in total. The standard InChI is InChI=1S/C18H21BrF3NO/c19-14-7-6-12(16(11-14)18(20,21)22)10-13-8-9-23(17(13)24)15-4-2-1-3-5-15/h6-7,11,13,15H,1-5,8-10H2. The number of rotatable bonds is 3. The molecule has 3 rings (SSSR count). The van der Waals surface area contributed by atoms with Crippen LogP contribution >= 0.6 is 15.9 Å². The molecule has 1 aliphatic carbocycles. The zero-order valence-corrected chi connectivity index (χ0v) is 15.0. The number of alkyl halides is 3. The fourth-order valence-electron chi connectivity index (χ4n) is 3.96. The zero-order chi connectivity index (χ0) is 17.3. The molecule has 0 bridgehead atoms. The smallest absolute Gasteiger partial charge is 0.339 e. The van der Waals surface area contributed by atoms with Crippen LogP contribution < -0.4 is 0 Å². The minimum atomic E-state index is -4.40. The summed E-state index contributed by atoms with van der Waals surface area (Å²) < 4.78 is 40.2. The third kappa shape index (κ3) is 3.79. The van der Waals surface area contributed by atoms with Gasteiger partial charge in [-0.05, 0) is 43.4 Å². The first-order chi connectivity index (χ1) is 11.4. The number of carbonyl (C=O) groups is 1. The van der Waals surface area contributed by atoms with E-state index in [9.17, 15) is 18.0 Å². The van der Waals surface area contributed by atoms with Crippen LogP contribution in [0.2, 0.25) is 0 Å². The van der Waals surface area contributed by atoms with E-state index in [4.69, 9.17) is 0 Å². The molecule has 0 radical (unpaired) electrons. The van der Waals surface area contributed by atoms with Crippen LogP contribution in [0.3, 0.4) is 0 Å². The fraction of sp³-hybridized carbons (Fsp3) is 0.611. The Balaban J connectivity index is 1.74. The van der Waals surface area contributed by atoms with Gasteiger partial charge in [-0.25, -0.2) is 0 Å². The molecule has 1 heterocycles. The second-order valence-corrected chi connectivity index (χ2v) is 7.73. The number of amides is 1. The monoisotopic (exact) mass is 403 g/mol. The van der Waals surface area contributed by atoms with Crippen molar-refractivity contribution >= 4 is 21.8 Å². The fourth-order valence-corrected chi connectivity index (χ4v) is 4.32. The Labute approximate surface area is 148 Å². The summed E-state index contributed by atoms with van der Waals surface area (Å²) in [4.78, 5) is 14.6. The molecule has 132 valence electrons. The van der Waals surface area contributed by atoms with Gasteiger partial charge in [0.15, 0.2) is 0 Å². The van der Waals surface area contributed by atoms with Crippen LogP contribution in [0.15, 0.2) is 22.7 Å². The molecular weight excluding hydrogens is 383 g/mol. The quantitative estimate of drug-likeness (QED) is 0.679. The molecule has 1 saturated heterocycles. The highest BCUT2D eigenvalue weighted by molar-refractivity contribution is 9.10. The lowest BCUT2D eigenvalue weighted by atomic mass is 9.93. The van der Waals surface area contributed by atoms with E-state index >= 15 is 0 Å². The first-order valence-electron chi connectivity index (χ1n) is 8.52. The van der Waals surface area contributed by atoms with E-state index < -0.39 is 11.7 Å². The Morgan fingerprint density at radius 1 is 1.12 bits per heavy atom. The molecule has 24 heavy (non-hydrogen) atoms. The van der Waals surface area contributed by atoms with Crippen molar-refractivity contribution in [3.05, 3.63) is 33.8 Å². The van der Waals surface area contributed by atoms with Gasteiger partial charge < -0.3 is 4.90 Å². The van der Waals surface area contributed by atoms with E-state index in [2.05, 4.69) is 15.9 Å². The third-order valence-corrected chi connectivity index (χ3v) is 5.70. The molecule has 1 amide bonds. The SMILES string of the molecule is O=C1C(Cc2ccc(Br)cc2C(F)(F)F)CCN1C1CCCCC1. The number of likely N-dealkylation sites (tertiary alicyclic amines) is 1. The Morgan fingerprint density at radius 2 is 1.83 bits per heavy atom. The Hall–Kier alpha value is -1.04. The highest BCUT2D eigenvalue weighted by Gasteiger charge is 2.39. The van der Waals surface area contributed by atoms with Crippen LogP contribution in [0.25, 0.3) is 0 Å². The molecule has 1 aromatic rings. The second-order valence-electron chi connectivity index (χ2n) is 6.81. The molecule has 1 atom stereocenters. The third-order valence-electron chi connectivity index (χ3n) is 5.21. The molecule has 2 fully saturated rings. The normalized spacial score (nSPS) is 23.1. The topological polar surface area (TPSA) is 20.3 Å². The van der Waals surface area contributed by atoms with Crippen LogP contribution in [-0.4, -0.2) is 23.4 Å². The van der Waals surface area contributed by atoms with Crippen molar-refractivity contribution in [2.24, 2.45) is 5.92 Å². The van der Waals surface area contributed by atoms with E-state index in [-0.39, 0.29) is 23.8 Å². The molecule has 2 aliphatic rings. The van der Waals surface area contributed by atoms with Crippen molar-refractivity contribution in [1.29, 1.82) is 0 Å². The largest absolute Gasteiger partial charge is 0.416 e. The Bertz CT molecular complexity index is 611. The summed E-state index contributed by atoms with van der Waals surface area (Å²) in [5.74, 6) is -0.285. The van der Waals surface area contributed by atoms with Crippen molar-refractivity contribution in [3.63, 3.8) is 0 Å². The first-order valence-corrected chi connectivity index (χ1v) is 9.31. The summed E-state index contributed by atoms with van der Waals surface area (Å²) in [6.07, 6.45) is 2.00. The minimum absolute atomic E-state index is 0.0398. The van der Waals surface area contributed by atoms with Crippen LogP contribution in [0, 0.1) is 5.92 Å². The van der Waals surface area contributed by atoms with Gasteiger partial charge in [0.2, 0.25) is 5.91 Å². The van der Waals surface area contributed by atoms with Gasteiger partial charge in [0.05, 0.1) is 5.56 Å². The van der Waals surface area contributed by atoms with Gasteiger partial charge in [-0.3, -0.25) is 4.79 Å². The summed E-state index contributed by atoms with van der Waals surface area (Å²) in [6.45, 7) is 0.687. The van der Waals surface area contributed by atoms with E-state index in [0.717, 1.165) is 31.7 Å². The summed E-state index contributed by atoms with van der Waals surface area (Å²) in [5, 5.41) is 0. The molecule has 6 heteroatoms. The lowest BCUT2D eigenvalue weighted by molar-refractivity contribution is -0.139. The van der Waals surface area contributed by atoms with Crippen molar-refractivity contribution in [3.8, 4) is 0 Å². The average Bonchev–Trinajstić information content (AvgIpc) is 2.90. The van der Waals surface area contributed by atoms with Crippen molar-refractivity contribution < 1.29 is 18.0 Å². The molecule has 1 saturated carbocycles. The maximum Gasteiger partial charge on any atom is 0.416 e. The van der Waals surface area contributed by atoms with Gasteiger partial charge in [-0.15, -0.1) is 0 Å². The number of benzene rings is 1. The Morgan fingerprint density at radius 3 is 2.50 bits per heavy atom. The number of halogens is 4. The predicted octanol–water partition coefficient (Wildman–Crippen LogP) is 5.19. The second kappa shape index (κ2) is 7.06. The van der Waals surface area contributed by atoms with Gasteiger partial charge in [0.1, 0.15) is 0 Å². The van der Waals surface area contributed by atoms with Crippen LogP contribution in [-0.2, 0) is 17.4 Å². The number of nitrogens with zero attached hydrogens (tertiary/aromatic N) is 1. The molecule has 1 unspecified atom stereocenters. The summed E-state index contributed by atoms with van der Waals surface area (Å²) in [7, 11) is 0. The van der Waals surface area contributed by atoms with E-state index in [1.807, 2.05) is 4.90 Å². The molecule has 1 aromatic carbocycles. The lowest BCUT2D eigenvalue weighted by Gasteiger charge is -2.31. The van der Waals surface area contributed by atoms with Crippen LogP contribution in [0.4, 0.5) is 13.2 Å². The maximum absolute atomic E-state index is 13.3. The molecule has 2 nitrogen and oxygen atoms in total.